The van der Waals surface area contributed by atoms with E-state index in [1.165, 1.54) is 0 Å². The molecule has 1 aliphatic rings. The van der Waals surface area contributed by atoms with E-state index in [-0.39, 0.29) is 24.4 Å². The molecule has 0 aliphatic carbocycles. The number of nitrogens with zero attached hydrogens (tertiary/aromatic N) is 1. The molecule has 1 unspecified atom stereocenters. The Bertz CT molecular complexity index is 196. The van der Waals surface area contributed by atoms with Gasteiger partial charge in [-0.05, 0) is 40.7 Å². The van der Waals surface area contributed by atoms with Crippen molar-refractivity contribution in [3.63, 3.8) is 0 Å². The van der Waals surface area contributed by atoms with Gasteiger partial charge < -0.3 is 0 Å². The first-order valence-corrected chi connectivity index (χ1v) is 5.37. The van der Waals surface area contributed by atoms with Crippen LogP contribution in [0, 0.1) is 0 Å². The first-order chi connectivity index (χ1) is 6.22. The van der Waals surface area contributed by atoms with E-state index in [0.29, 0.717) is 6.42 Å². The molecule has 1 saturated heterocycles. The second-order valence-electron chi connectivity index (χ2n) is 5.38. The molecule has 0 saturated carbocycles. The number of hydrogen-bond donors (Lipinski definition) is 0. The Balaban J connectivity index is 2.73. The quantitative estimate of drug-likeness (QED) is 0.586. The second kappa shape index (κ2) is 3.76. The lowest BCUT2D eigenvalue weighted by Gasteiger charge is -2.39. The monoisotopic (exact) mass is 205 g/mol. The maximum absolute atomic E-state index is 13.2. The van der Waals surface area contributed by atoms with Gasteiger partial charge in [0, 0.05) is 24.4 Å². The highest BCUT2D eigenvalue weighted by molar-refractivity contribution is 4.87. The predicted molar refractivity (Wildman–Crippen MR) is 54.7 cm³/mol. The first-order valence-electron chi connectivity index (χ1n) is 5.37. The topological polar surface area (TPSA) is 3.24 Å². The van der Waals surface area contributed by atoms with Gasteiger partial charge in [-0.15, -0.1) is 0 Å². The highest BCUT2D eigenvalue weighted by Gasteiger charge is 2.38. The average Bonchev–Trinajstić information content (AvgIpc) is 2.05. The molecule has 1 nitrogen and oxygen atoms in total. The van der Waals surface area contributed by atoms with E-state index in [4.69, 9.17) is 0 Å². The van der Waals surface area contributed by atoms with Crippen LogP contribution in [-0.2, 0) is 0 Å². The zero-order valence-corrected chi connectivity index (χ0v) is 9.61. The third-order valence-electron chi connectivity index (χ3n) is 2.93. The Morgan fingerprint density at radius 1 is 1.29 bits per heavy atom. The lowest BCUT2D eigenvalue weighted by atomic mass is 10.0. The van der Waals surface area contributed by atoms with E-state index >= 15 is 0 Å². The van der Waals surface area contributed by atoms with E-state index in [9.17, 15) is 8.78 Å². The second-order valence-corrected chi connectivity index (χ2v) is 5.38. The molecule has 14 heavy (non-hydrogen) atoms. The van der Waals surface area contributed by atoms with Crippen LogP contribution in [0.4, 0.5) is 8.78 Å². The molecule has 1 atom stereocenters. The first kappa shape index (κ1) is 11.9. The Kier molecular flexibility index (Phi) is 3.20. The van der Waals surface area contributed by atoms with Crippen LogP contribution in [0.3, 0.4) is 0 Å². The maximum Gasteiger partial charge on any atom is 0.249 e. The van der Waals surface area contributed by atoms with Gasteiger partial charge in [-0.1, -0.05) is 0 Å². The van der Waals surface area contributed by atoms with Gasteiger partial charge in [-0.3, -0.25) is 4.90 Å². The fourth-order valence-corrected chi connectivity index (χ4v) is 2.37. The molecule has 1 heterocycles. The van der Waals surface area contributed by atoms with Crippen molar-refractivity contribution < 1.29 is 8.78 Å². The van der Waals surface area contributed by atoms with Crippen LogP contribution in [0.1, 0.15) is 47.0 Å². The van der Waals surface area contributed by atoms with E-state index in [1.807, 2.05) is 6.92 Å². The normalized spacial score (nSPS) is 30.0. The van der Waals surface area contributed by atoms with Crippen LogP contribution >= 0.6 is 0 Å². The number of halogens is 2. The van der Waals surface area contributed by atoms with Crippen molar-refractivity contribution in [2.45, 2.75) is 64.5 Å². The Morgan fingerprint density at radius 2 is 1.86 bits per heavy atom. The Hall–Kier alpha value is -0.180. The summed E-state index contributed by atoms with van der Waals surface area (Å²) in [6.07, 6.45) is 0.656. The summed E-state index contributed by atoms with van der Waals surface area (Å²) in [5.41, 5.74) is -0.000162. The van der Waals surface area contributed by atoms with Gasteiger partial charge >= 0.3 is 0 Å². The average molecular weight is 205 g/mol. The van der Waals surface area contributed by atoms with Crippen molar-refractivity contribution in [3.8, 4) is 0 Å². The molecule has 0 bridgehead atoms. The van der Waals surface area contributed by atoms with Gasteiger partial charge in [-0.2, -0.15) is 0 Å². The SMILES string of the molecule is CC1CC(F)(F)CCCN1C(C)(C)C. The summed E-state index contributed by atoms with van der Waals surface area (Å²) in [7, 11) is 0. The summed E-state index contributed by atoms with van der Waals surface area (Å²) in [6.45, 7) is 8.97. The standard InChI is InChI=1S/C11H21F2N/c1-9-8-11(12,13)6-5-7-14(9)10(2,3)4/h9H,5-8H2,1-4H3. The van der Waals surface area contributed by atoms with Gasteiger partial charge in [0.2, 0.25) is 5.92 Å². The van der Waals surface area contributed by atoms with Crippen molar-refractivity contribution in [3.05, 3.63) is 0 Å². The summed E-state index contributed by atoms with van der Waals surface area (Å²) < 4.78 is 26.5. The lowest BCUT2D eigenvalue weighted by molar-refractivity contribution is -0.0287. The fourth-order valence-electron chi connectivity index (χ4n) is 2.37. The highest BCUT2D eigenvalue weighted by Crippen LogP contribution is 2.33. The molecule has 1 fully saturated rings. The van der Waals surface area contributed by atoms with Crippen molar-refractivity contribution in [1.82, 2.24) is 4.90 Å². The van der Waals surface area contributed by atoms with Gasteiger partial charge in [0.1, 0.15) is 0 Å². The third kappa shape index (κ3) is 2.91. The predicted octanol–water partition coefficient (Wildman–Crippen LogP) is 3.29. The molecule has 0 N–H and O–H groups in total. The third-order valence-corrected chi connectivity index (χ3v) is 2.93. The fraction of sp³-hybridized carbons (Fsp3) is 1.00. The molecule has 0 aromatic carbocycles. The minimum Gasteiger partial charge on any atom is -0.296 e. The number of likely N-dealkylation sites (tertiary alicyclic amines) is 1. The summed E-state index contributed by atoms with van der Waals surface area (Å²) >= 11 is 0. The largest absolute Gasteiger partial charge is 0.296 e. The molecule has 0 amide bonds. The zero-order chi connectivity index (χ0) is 11.0. The van der Waals surface area contributed by atoms with Crippen molar-refractivity contribution in [2.75, 3.05) is 6.54 Å². The summed E-state index contributed by atoms with van der Waals surface area (Å²) in [5.74, 6) is -2.46. The van der Waals surface area contributed by atoms with Gasteiger partial charge in [0.05, 0.1) is 0 Å². The van der Waals surface area contributed by atoms with E-state index < -0.39 is 5.92 Å². The number of alkyl halides is 2. The highest BCUT2D eigenvalue weighted by atomic mass is 19.3. The Morgan fingerprint density at radius 3 is 2.36 bits per heavy atom. The van der Waals surface area contributed by atoms with E-state index in [1.54, 1.807) is 0 Å². The molecular weight excluding hydrogens is 184 g/mol. The van der Waals surface area contributed by atoms with Crippen LogP contribution < -0.4 is 0 Å². The molecule has 1 aliphatic heterocycles. The number of rotatable bonds is 0. The van der Waals surface area contributed by atoms with Crippen molar-refractivity contribution in [2.24, 2.45) is 0 Å². The van der Waals surface area contributed by atoms with Crippen LogP contribution in [0.2, 0.25) is 0 Å². The molecule has 1 rings (SSSR count). The molecule has 3 heteroatoms. The minimum absolute atomic E-state index is 0.000162. The van der Waals surface area contributed by atoms with Crippen LogP contribution in [0.15, 0.2) is 0 Å². The molecule has 0 radical (unpaired) electrons. The van der Waals surface area contributed by atoms with Crippen LogP contribution in [-0.4, -0.2) is 28.9 Å². The lowest BCUT2D eigenvalue weighted by Crippen LogP contribution is -2.47. The van der Waals surface area contributed by atoms with E-state index in [0.717, 1.165) is 6.54 Å². The molecule has 0 aromatic heterocycles. The minimum atomic E-state index is -2.46. The van der Waals surface area contributed by atoms with Crippen molar-refractivity contribution in [1.29, 1.82) is 0 Å². The molecule has 84 valence electrons. The summed E-state index contributed by atoms with van der Waals surface area (Å²) in [5, 5.41) is 0. The van der Waals surface area contributed by atoms with Gasteiger partial charge in [-0.25, -0.2) is 8.78 Å². The Labute approximate surface area is 85.5 Å². The molecule has 0 aromatic rings. The van der Waals surface area contributed by atoms with Crippen LogP contribution in [0.25, 0.3) is 0 Å². The zero-order valence-electron chi connectivity index (χ0n) is 9.61. The summed E-state index contributed by atoms with van der Waals surface area (Å²) in [6, 6.07) is -0.0208. The van der Waals surface area contributed by atoms with E-state index in [2.05, 4.69) is 25.7 Å². The molecular formula is C11H21F2N. The smallest absolute Gasteiger partial charge is 0.249 e. The van der Waals surface area contributed by atoms with Crippen molar-refractivity contribution >= 4 is 0 Å². The van der Waals surface area contributed by atoms with Gasteiger partial charge in [0.25, 0.3) is 0 Å². The van der Waals surface area contributed by atoms with Crippen LogP contribution in [0.5, 0.6) is 0 Å². The van der Waals surface area contributed by atoms with Gasteiger partial charge in [0.15, 0.2) is 0 Å². The maximum atomic E-state index is 13.2. The number of hydrogen-bond acceptors (Lipinski definition) is 1. The molecule has 0 spiro atoms. The summed E-state index contributed by atoms with van der Waals surface area (Å²) in [4.78, 5) is 2.19.